The van der Waals surface area contributed by atoms with E-state index < -0.39 is 6.10 Å². The van der Waals surface area contributed by atoms with E-state index >= 15 is 0 Å². The zero-order chi connectivity index (χ0) is 23.5. The van der Waals surface area contributed by atoms with Gasteiger partial charge in [0.05, 0.1) is 30.3 Å². The number of thiazole rings is 1. The second-order valence-electron chi connectivity index (χ2n) is 8.23. The van der Waals surface area contributed by atoms with Crippen molar-refractivity contribution >= 4 is 40.2 Å². The van der Waals surface area contributed by atoms with E-state index in [0.717, 1.165) is 0 Å². The molecule has 13 heteroatoms. The molecule has 2 amide bonds. The fourth-order valence-electron chi connectivity index (χ4n) is 3.91. The number of hydrogen-bond acceptors (Lipinski definition) is 11. The lowest BCUT2D eigenvalue weighted by Gasteiger charge is -2.33. The van der Waals surface area contributed by atoms with Gasteiger partial charge < -0.3 is 25.4 Å². The van der Waals surface area contributed by atoms with E-state index in [1.54, 1.807) is 11.1 Å². The Labute approximate surface area is 195 Å². The SMILES string of the molecule is CC1COCCN1c1nc(NC(=O)C2CCN(C(=O)[C@@H](C)O)CC2)nc(-c2cnc(N)s2)n1. The lowest BCUT2D eigenvalue weighted by molar-refractivity contribution is -0.141. The van der Waals surface area contributed by atoms with Crippen LogP contribution < -0.4 is 16.0 Å². The maximum Gasteiger partial charge on any atom is 0.251 e. The molecule has 178 valence electrons. The summed E-state index contributed by atoms with van der Waals surface area (Å²) in [7, 11) is 0. The van der Waals surface area contributed by atoms with Crippen LogP contribution in [0.4, 0.5) is 17.0 Å². The molecule has 0 spiro atoms. The number of nitrogens with zero attached hydrogens (tertiary/aromatic N) is 6. The summed E-state index contributed by atoms with van der Waals surface area (Å²) in [5.41, 5.74) is 5.78. The molecule has 2 saturated heterocycles. The first-order chi connectivity index (χ1) is 15.8. The number of ether oxygens (including phenoxy) is 1. The zero-order valence-corrected chi connectivity index (χ0v) is 19.4. The van der Waals surface area contributed by atoms with Crippen LogP contribution in [-0.2, 0) is 14.3 Å². The molecule has 2 aliphatic heterocycles. The van der Waals surface area contributed by atoms with Crippen LogP contribution in [0.3, 0.4) is 0 Å². The van der Waals surface area contributed by atoms with Crippen molar-refractivity contribution in [3.8, 4) is 10.7 Å². The monoisotopic (exact) mass is 476 g/mol. The highest BCUT2D eigenvalue weighted by molar-refractivity contribution is 7.18. The minimum Gasteiger partial charge on any atom is -0.384 e. The fraction of sp³-hybridized carbons (Fsp3) is 0.600. The fourth-order valence-corrected chi connectivity index (χ4v) is 4.53. The van der Waals surface area contributed by atoms with Crippen molar-refractivity contribution in [2.24, 2.45) is 5.92 Å². The number of anilines is 3. The molecule has 4 heterocycles. The highest BCUT2D eigenvalue weighted by Gasteiger charge is 2.30. The summed E-state index contributed by atoms with van der Waals surface area (Å²) >= 11 is 1.26. The number of nitrogens with two attached hydrogens (primary N) is 1. The summed E-state index contributed by atoms with van der Waals surface area (Å²) in [6.45, 7) is 6.04. The normalized spacial score (nSPS) is 20.5. The molecule has 33 heavy (non-hydrogen) atoms. The maximum atomic E-state index is 13.0. The first kappa shape index (κ1) is 23.3. The summed E-state index contributed by atoms with van der Waals surface area (Å²) in [6, 6.07) is 0.0693. The van der Waals surface area contributed by atoms with Gasteiger partial charge in [0.25, 0.3) is 5.91 Å². The Morgan fingerprint density at radius 2 is 2.03 bits per heavy atom. The number of carbonyl (C=O) groups excluding carboxylic acids is 2. The Balaban J connectivity index is 1.52. The molecule has 2 aromatic rings. The molecule has 2 atom stereocenters. The highest BCUT2D eigenvalue weighted by atomic mass is 32.1. The molecule has 2 aromatic heterocycles. The third-order valence-corrected chi connectivity index (χ3v) is 6.58. The molecule has 1 unspecified atom stereocenters. The molecule has 4 rings (SSSR count). The van der Waals surface area contributed by atoms with Crippen molar-refractivity contribution in [3.63, 3.8) is 0 Å². The molecular weight excluding hydrogens is 448 g/mol. The quantitative estimate of drug-likeness (QED) is 0.550. The summed E-state index contributed by atoms with van der Waals surface area (Å²) in [4.78, 5) is 46.8. The van der Waals surface area contributed by atoms with E-state index in [9.17, 15) is 14.7 Å². The van der Waals surface area contributed by atoms with Crippen LogP contribution in [0.25, 0.3) is 10.7 Å². The predicted octanol–water partition coefficient (Wildman–Crippen LogP) is 0.360. The van der Waals surface area contributed by atoms with Gasteiger partial charge in [-0.05, 0) is 26.7 Å². The number of amides is 2. The van der Waals surface area contributed by atoms with Crippen molar-refractivity contribution in [2.75, 3.05) is 48.8 Å². The molecule has 2 aliphatic rings. The first-order valence-corrected chi connectivity index (χ1v) is 11.7. The van der Waals surface area contributed by atoms with Crippen LogP contribution in [0.2, 0.25) is 0 Å². The van der Waals surface area contributed by atoms with Crippen LogP contribution >= 0.6 is 11.3 Å². The number of likely N-dealkylation sites (tertiary alicyclic amines) is 1. The number of carbonyl (C=O) groups is 2. The Morgan fingerprint density at radius 3 is 2.67 bits per heavy atom. The summed E-state index contributed by atoms with van der Waals surface area (Å²) in [5.74, 6) is 0.197. The summed E-state index contributed by atoms with van der Waals surface area (Å²) in [5, 5.41) is 12.7. The number of nitrogen functional groups attached to an aromatic ring is 1. The van der Waals surface area contributed by atoms with Crippen LogP contribution in [0.5, 0.6) is 0 Å². The smallest absolute Gasteiger partial charge is 0.251 e. The molecule has 0 bridgehead atoms. The number of rotatable bonds is 5. The second kappa shape index (κ2) is 9.93. The van der Waals surface area contributed by atoms with Crippen molar-refractivity contribution in [3.05, 3.63) is 6.20 Å². The van der Waals surface area contributed by atoms with Gasteiger partial charge in [-0.1, -0.05) is 11.3 Å². The van der Waals surface area contributed by atoms with Gasteiger partial charge in [-0.25, -0.2) is 4.98 Å². The van der Waals surface area contributed by atoms with Crippen LogP contribution in [-0.4, -0.2) is 86.8 Å². The van der Waals surface area contributed by atoms with E-state index in [-0.39, 0.29) is 29.7 Å². The number of aliphatic hydroxyl groups is 1. The minimum atomic E-state index is -1.04. The maximum absolute atomic E-state index is 13.0. The van der Waals surface area contributed by atoms with Crippen LogP contribution in [0, 0.1) is 5.92 Å². The molecule has 0 radical (unpaired) electrons. The van der Waals surface area contributed by atoms with Gasteiger partial charge >= 0.3 is 0 Å². The van der Waals surface area contributed by atoms with Gasteiger partial charge in [0.2, 0.25) is 17.8 Å². The van der Waals surface area contributed by atoms with Gasteiger partial charge in [-0.3, -0.25) is 14.9 Å². The van der Waals surface area contributed by atoms with Crippen LogP contribution in [0.1, 0.15) is 26.7 Å². The van der Waals surface area contributed by atoms with Crippen molar-refractivity contribution in [2.45, 2.75) is 38.8 Å². The van der Waals surface area contributed by atoms with Crippen molar-refractivity contribution < 1.29 is 19.4 Å². The van der Waals surface area contributed by atoms with Gasteiger partial charge in [0.1, 0.15) is 6.10 Å². The number of aliphatic hydroxyl groups excluding tert-OH is 1. The molecule has 0 aliphatic carbocycles. The van der Waals surface area contributed by atoms with E-state index in [1.807, 2.05) is 11.8 Å². The number of hydrogen-bond donors (Lipinski definition) is 3. The summed E-state index contributed by atoms with van der Waals surface area (Å²) in [6.07, 6.45) is 1.56. The standard InChI is InChI=1S/C20H28N8O4S/c1-11-10-32-8-7-28(11)20-24-15(14-9-22-18(21)33-14)23-19(26-20)25-16(30)13-3-5-27(6-4-13)17(31)12(2)29/h9,11-13,29H,3-8,10H2,1-2H3,(H2,21,22)(H,23,24,25,26,30)/t11?,12-/m1/s1. The lowest BCUT2D eigenvalue weighted by Crippen LogP contribution is -2.45. The minimum absolute atomic E-state index is 0.0693. The number of morpholine rings is 1. The Morgan fingerprint density at radius 1 is 1.27 bits per heavy atom. The van der Waals surface area contributed by atoms with Crippen molar-refractivity contribution in [1.82, 2.24) is 24.8 Å². The third kappa shape index (κ3) is 5.37. The number of piperidine rings is 1. The van der Waals surface area contributed by atoms with Gasteiger partial charge in [-0.15, -0.1) is 0 Å². The molecule has 2 fully saturated rings. The zero-order valence-electron chi connectivity index (χ0n) is 18.6. The topological polar surface area (TPSA) is 160 Å². The Kier molecular flexibility index (Phi) is 7.00. The largest absolute Gasteiger partial charge is 0.384 e. The van der Waals surface area contributed by atoms with Gasteiger partial charge in [0, 0.05) is 25.6 Å². The Hall–Kier alpha value is -2.90. The lowest BCUT2D eigenvalue weighted by atomic mass is 9.95. The number of aromatic nitrogens is 4. The highest BCUT2D eigenvalue weighted by Crippen LogP contribution is 2.28. The second-order valence-corrected chi connectivity index (χ2v) is 9.29. The molecule has 0 saturated carbocycles. The average molecular weight is 477 g/mol. The predicted molar refractivity (Wildman–Crippen MR) is 123 cm³/mol. The average Bonchev–Trinajstić information content (AvgIpc) is 3.25. The first-order valence-electron chi connectivity index (χ1n) is 10.9. The Bertz CT molecular complexity index is 1010. The molecule has 0 aromatic carbocycles. The van der Waals surface area contributed by atoms with Gasteiger partial charge in [0.15, 0.2) is 11.0 Å². The summed E-state index contributed by atoms with van der Waals surface area (Å²) < 4.78 is 5.52. The number of nitrogens with one attached hydrogen (secondary N) is 1. The molecule has 12 nitrogen and oxygen atoms in total. The van der Waals surface area contributed by atoms with E-state index in [0.29, 0.717) is 67.5 Å². The van der Waals surface area contributed by atoms with Crippen LogP contribution in [0.15, 0.2) is 6.20 Å². The van der Waals surface area contributed by atoms with Gasteiger partial charge in [-0.2, -0.15) is 15.0 Å². The molecule has 4 N–H and O–H groups in total. The molecular formula is C20H28N8O4S. The van der Waals surface area contributed by atoms with E-state index in [2.05, 4.69) is 25.3 Å². The third-order valence-electron chi connectivity index (χ3n) is 5.76. The van der Waals surface area contributed by atoms with Crippen molar-refractivity contribution in [1.29, 1.82) is 0 Å². The van der Waals surface area contributed by atoms with E-state index in [1.165, 1.54) is 18.3 Å². The van der Waals surface area contributed by atoms with E-state index in [4.69, 9.17) is 10.5 Å².